The fourth-order valence-electron chi connectivity index (χ4n) is 1.44. The van der Waals surface area contributed by atoms with Crippen molar-refractivity contribution in [3.63, 3.8) is 0 Å². The van der Waals surface area contributed by atoms with E-state index in [-0.39, 0.29) is 30.5 Å². The van der Waals surface area contributed by atoms with Gasteiger partial charge in [0.25, 0.3) is 0 Å². The maximum Gasteiger partial charge on any atom is 0.208 e. The zero-order chi connectivity index (χ0) is 14.1. The van der Waals surface area contributed by atoms with E-state index in [0.29, 0.717) is 19.0 Å². The highest BCUT2D eigenvalue weighted by atomic mass is 127. The Labute approximate surface area is 137 Å². The Morgan fingerprint density at radius 2 is 1.90 bits per heavy atom. The minimum Gasteiger partial charge on any atom is -0.370 e. The molecule has 0 aliphatic carbocycles. The summed E-state index contributed by atoms with van der Waals surface area (Å²) in [5, 5.41) is 2.98. The van der Waals surface area contributed by atoms with Gasteiger partial charge in [0.15, 0.2) is 5.96 Å². The first kappa shape index (κ1) is 19.1. The van der Waals surface area contributed by atoms with Gasteiger partial charge < -0.3 is 11.1 Å². The van der Waals surface area contributed by atoms with Gasteiger partial charge in [0.05, 0.1) is 12.8 Å². The van der Waals surface area contributed by atoms with Gasteiger partial charge in [0.1, 0.15) is 0 Å². The molecule has 0 fully saturated rings. The number of nitrogens with two attached hydrogens (primary N) is 1. The summed E-state index contributed by atoms with van der Waals surface area (Å²) >= 11 is 0. The highest BCUT2D eigenvalue weighted by molar-refractivity contribution is 14.0. The molecule has 0 aliphatic rings. The van der Waals surface area contributed by atoms with Crippen molar-refractivity contribution >= 4 is 40.0 Å². The number of halogens is 1. The lowest BCUT2D eigenvalue weighted by Gasteiger charge is -2.06. The van der Waals surface area contributed by atoms with Crippen LogP contribution in [0.25, 0.3) is 0 Å². The fraction of sp³-hybridized carbons (Fsp3) is 0.417. The zero-order valence-corrected chi connectivity index (χ0v) is 14.5. The van der Waals surface area contributed by atoms with Gasteiger partial charge in [-0.05, 0) is 12.0 Å². The van der Waals surface area contributed by atoms with Crippen LogP contribution in [0.15, 0.2) is 35.3 Å². The molecule has 0 saturated carbocycles. The first-order chi connectivity index (χ1) is 8.97. The molecule has 0 bridgehead atoms. The van der Waals surface area contributed by atoms with Crippen molar-refractivity contribution in [2.24, 2.45) is 10.7 Å². The van der Waals surface area contributed by atoms with Crippen molar-refractivity contribution in [3.8, 4) is 0 Å². The van der Waals surface area contributed by atoms with E-state index in [1.807, 2.05) is 30.3 Å². The monoisotopic (exact) mass is 412 g/mol. The predicted octanol–water partition coefficient (Wildman–Crippen LogP) is 0.301. The van der Waals surface area contributed by atoms with Gasteiger partial charge >= 0.3 is 0 Å². The lowest BCUT2D eigenvalue weighted by atomic mass is 10.1. The Bertz CT molecular complexity index is 505. The van der Waals surface area contributed by atoms with E-state index in [9.17, 15) is 8.42 Å². The summed E-state index contributed by atoms with van der Waals surface area (Å²) in [6.07, 6.45) is 1.97. The third-order valence-electron chi connectivity index (χ3n) is 2.32. The number of aliphatic imine (C=N–C) groups is 1. The Balaban J connectivity index is 0.00000361. The molecular weight excluding hydrogens is 391 g/mol. The molecule has 0 aromatic heterocycles. The Morgan fingerprint density at radius 1 is 1.25 bits per heavy atom. The second kappa shape index (κ2) is 9.94. The highest BCUT2D eigenvalue weighted by Crippen LogP contribution is 1.97. The van der Waals surface area contributed by atoms with Crippen LogP contribution in [0.4, 0.5) is 0 Å². The second-order valence-corrected chi connectivity index (χ2v) is 5.93. The summed E-state index contributed by atoms with van der Waals surface area (Å²) in [7, 11) is -3.16. The SMILES string of the molecule is CS(=O)(=O)NCCN=C(N)NCCc1ccccc1.I. The van der Waals surface area contributed by atoms with Crippen LogP contribution >= 0.6 is 24.0 Å². The Morgan fingerprint density at radius 3 is 2.50 bits per heavy atom. The third kappa shape index (κ3) is 9.98. The van der Waals surface area contributed by atoms with Crippen molar-refractivity contribution in [2.75, 3.05) is 25.9 Å². The lowest BCUT2D eigenvalue weighted by molar-refractivity contribution is 0.588. The maximum absolute atomic E-state index is 10.8. The Hall–Kier alpha value is -0.870. The highest BCUT2D eigenvalue weighted by Gasteiger charge is 1.98. The van der Waals surface area contributed by atoms with Crippen LogP contribution < -0.4 is 15.8 Å². The Kier molecular flexibility index (Phi) is 9.51. The average molecular weight is 412 g/mol. The lowest BCUT2D eigenvalue weighted by Crippen LogP contribution is -2.34. The van der Waals surface area contributed by atoms with Crippen LogP contribution in [0, 0.1) is 0 Å². The summed E-state index contributed by atoms with van der Waals surface area (Å²) in [5.74, 6) is 0.325. The molecule has 20 heavy (non-hydrogen) atoms. The van der Waals surface area contributed by atoms with Crippen LogP contribution in [0.2, 0.25) is 0 Å². The molecule has 4 N–H and O–H groups in total. The number of hydrogen-bond acceptors (Lipinski definition) is 3. The van der Waals surface area contributed by atoms with E-state index >= 15 is 0 Å². The molecule has 0 unspecified atom stereocenters. The van der Waals surface area contributed by atoms with Gasteiger partial charge in [-0.3, -0.25) is 4.99 Å². The van der Waals surface area contributed by atoms with Gasteiger partial charge in [0, 0.05) is 13.1 Å². The number of hydrogen-bond donors (Lipinski definition) is 3. The van der Waals surface area contributed by atoms with Gasteiger partial charge in [-0.1, -0.05) is 30.3 Å². The van der Waals surface area contributed by atoms with Crippen LogP contribution in [0.3, 0.4) is 0 Å². The molecule has 0 atom stereocenters. The molecule has 0 aliphatic heterocycles. The van der Waals surface area contributed by atoms with Gasteiger partial charge in [-0.15, -0.1) is 24.0 Å². The van der Waals surface area contributed by atoms with E-state index < -0.39 is 10.0 Å². The summed E-state index contributed by atoms with van der Waals surface area (Å²) in [6.45, 7) is 1.26. The first-order valence-electron chi connectivity index (χ1n) is 6.00. The summed E-state index contributed by atoms with van der Waals surface area (Å²) in [4.78, 5) is 4.01. The maximum atomic E-state index is 10.8. The molecule has 6 nitrogen and oxygen atoms in total. The van der Waals surface area contributed by atoms with Crippen LogP contribution in [-0.4, -0.2) is 40.3 Å². The predicted molar refractivity (Wildman–Crippen MR) is 92.9 cm³/mol. The van der Waals surface area contributed by atoms with Crippen molar-refractivity contribution in [3.05, 3.63) is 35.9 Å². The van der Waals surface area contributed by atoms with Crippen LogP contribution in [0.5, 0.6) is 0 Å². The van der Waals surface area contributed by atoms with Crippen molar-refractivity contribution < 1.29 is 8.42 Å². The smallest absolute Gasteiger partial charge is 0.208 e. The van der Waals surface area contributed by atoms with Crippen molar-refractivity contribution in [2.45, 2.75) is 6.42 Å². The van der Waals surface area contributed by atoms with E-state index in [1.165, 1.54) is 5.56 Å². The molecule has 114 valence electrons. The molecule has 0 heterocycles. The molecule has 0 radical (unpaired) electrons. The molecule has 1 aromatic rings. The number of sulfonamides is 1. The number of nitrogens with zero attached hydrogens (tertiary/aromatic N) is 1. The quantitative estimate of drug-likeness (QED) is 0.260. The summed E-state index contributed by atoms with van der Waals surface area (Å²) in [5.41, 5.74) is 6.87. The fourth-order valence-corrected chi connectivity index (χ4v) is 1.90. The number of rotatable bonds is 7. The first-order valence-corrected chi connectivity index (χ1v) is 7.89. The molecule has 1 aromatic carbocycles. The van der Waals surface area contributed by atoms with Gasteiger partial charge in [-0.2, -0.15) is 0 Å². The standard InChI is InChI=1S/C12H20N4O2S.HI/c1-19(17,18)16-10-9-15-12(13)14-8-7-11-5-3-2-4-6-11;/h2-6,16H,7-10H2,1H3,(H3,13,14,15);1H. The summed E-state index contributed by atoms with van der Waals surface area (Å²) < 4.78 is 23.9. The molecular formula is C12H21IN4O2S. The van der Waals surface area contributed by atoms with Crippen molar-refractivity contribution in [1.29, 1.82) is 0 Å². The molecule has 8 heteroatoms. The average Bonchev–Trinajstić information content (AvgIpc) is 2.35. The molecule has 0 amide bonds. The van der Waals surface area contributed by atoms with Gasteiger partial charge in [-0.25, -0.2) is 13.1 Å². The summed E-state index contributed by atoms with van der Waals surface area (Å²) in [6, 6.07) is 10.0. The molecule has 0 saturated heterocycles. The number of nitrogens with one attached hydrogen (secondary N) is 2. The van der Waals surface area contributed by atoms with E-state index in [0.717, 1.165) is 12.7 Å². The van der Waals surface area contributed by atoms with Crippen LogP contribution in [-0.2, 0) is 16.4 Å². The topological polar surface area (TPSA) is 96.6 Å². The van der Waals surface area contributed by atoms with E-state index in [1.54, 1.807) is 0 Å². The second-order valence-electron chi connectivity index (χ2n) is 4.10. The minimum atomic E-state index is -3.16. The van der Waals surface area contributed by atoms with Gasteiger partial charge in [0.2, 0.25) is 10.0 Å². The molecule has 1 rings (SSSR count). The van der Waals surface area contributed by atoms with Crippen molar-refractivity contribution in [1.82, 2.24) is 10.0 Å². The van der Waals surface area contributed by atoms with E-state index in [4.69, 9.17) is 5.73 Å². The zero-order valence-electron chi connectivity index (χ0n) is 11.4. The normalized spacial score (nSPS) is 11.8. The molecule has 0 spiro atoms. The minimum absolute atomic E-state index is 0. The number of guanidine groups is 1. The number of benzene rings is 1. The third-order valence-corrected chi connectivity index (χ3v) is 3.05. The van der Waals surface area contributed by atoms with Crippen LogP contribution in [0.1, 0.15) is 5.56 Å². The van der Waals surface area contributed by atoms with E-state index in [2.05, 4.69) is 15.0 Å². The largest absolute Gasteiger partial charge is 0.370 e.